The molecule has 2 N–H and O–H groups in total. The van der Waals surface area contributed by atoms with Crippen molar-refractivity contribution in [2.75, 3.05) is 20.2 Å². The molecule has 0 radical (unpaired) electrons. The van der Waals surface area contributed by atoms with Gasteiger partial charge in [-0.1, -0.05) is 13.8 Å². The summed E-state index contributed by atoms with van der Waals surface area (Å²) in [7, 11) is -1.93. The van der Waals surface area contributed by atoms with Gasteiger partial charge in [-0.3, -0.25) is 0 Å². The van der Waals surface area contributed by atoms with Crippen molar-refractivity contribution in [3.8, 4) is 5.75 Å². The number of benzene rings is 1. The molecule has 2 rings (SSSR count). The van der Waals surface area contributed by atoms with Crippen LogP contribution in [0.1, 0.15) is 32.3 Å². The van der Waals surface area contributed by atoms with Gasteiger partial charge in [-0.25, -0.2) is 13.1 Å². The Morgan fingerprint density at radius 3 is 2.65 bits per heavy atom. The summed E-state index contributed by atoms with van der Waals surface area (Å²) in [5, 5.41) is 3.42. The summed E-state index contributed by atoms with van der Waals surface area (Å²) in [4.78, 5) is 0.277. The monoisotopic (exact) mass is 362 g/mol. The predicted octanol–water partition coefficient (Wildman–Crippen LogP) is 2.48. The molecule has 0 amide bonds. The number of aryl methyl sites for hydroxylation is 1. The average molecular weight is 363 g/mol. The van der Waals surface area contributed by atoms with Gasteiger partial charge in [0.15, 0.2) is 0 Å². The highest BCUT2D eigenvalue weighted by molar-refractivity contribution is 7.89. The zero-order valence-electron chi connectivity index (χ0n) is 14.2. The lowest BCUT2D eigenvalue weighted by atomic mass is 9.78. The smallest absolute Gasteiger partial charge is 0.240 e. The maximum atomic E-state index is 12.5. The minimum Gasteiger partial charge on any atom is -0.496 e. The normalized spacial score (nSPS) is 20.6. The molecule has 0 aliphatic carbocycles. The first-order chi connectivity index (χ1) is 10.3. The van der Waals surface area contributed by atoms with Crippen molar-refractivity contribution in [3.63, 3.8) is 0 Å². The Balaban J connectivity index is 0.00000264. The van der Waals surface area contributed by atoms with Crippen LogP contribution < -0.4 is 14.8 Å². The van der Waals surface area contributed by atoms with Gasteiger partial charge in [0, 0.05) is 12.6 Å². The van der Waals surface area contributed by atoms with E-state index in [0.29, 0.717) is 12.3 Å². The van der Waals surface area contributed by atoms with Crippen molar-refractivity contribution < 1.29 is 13.2 Å². The molecular weight excluding hydrogens is 336 g/mol. The first kappa shape index (κ1) is 20.2. The highest BCUT2D eigenvalue weighted by Gasteiger charge is 2.32. The molecule has 5 nitrogen and oxygen atoms in total. The molecule has 0 aromatic heterocycles. The van der Waals surface area contributed by atoms with E-state index >= 15 is 0 Å². The standard InChI is InChI=1S/C16H26N2O3S.ClH/c1-12-10-13(6-7-14(12)21-4)22(19,20)18-11-15-16(2,3)8-5-9-17-15;/h6-7,10,15,17-18H,5,8-9,11H2,1-4H3;1H. The van der Waals surface area contributed by atoms with Crippen molar-refractivity contribution in [3.05, 3.63) is 23.8 Å². The second-order valence-corrected chi connectivity index (χ2v) is 8.35. The Bertz CT molecular complexity index is 632. The van der Waals surface area contributed by atoms with Crippen molar-refractivity contribution in [2.24, 2.45) is 5.41 Å². The molecule has 1 aromatic carbocycles. The molecular formula is C16H27ClN2O3S. The van der Waals surface area contributed by atoms with Gasteiger partial charge in [0.1, 0.15) is 5.75 Å². The van der Waals surface area contributed by atoms with Crippen LogP contribution in [0.2, 0.25) is 0 Å². The fraction of sp³-hybridized carbons (Fsp3) is 0.625. The molecule has 0 saturated carbocycles. The maximum Gasteiger partial charge on any atom is 0.240 e. The molecule has 1 heterocycles. The van der Waals surface area contributed by atoms with Gasteiger partial charge in [0.2, 0.25) is 10.0 Å². The molecule has 0 spiro atoms. The molecule has 1 aliphatic rings. The van der Waals surface area contributed by atoms with E-state index in [2.05, 4.69) is 23.9 Å². The van der Waals surface area contributed by atoms with E-state index in [1.165, 1.54) is 0 Å². The topological polar surface area (TPSA) is 67.4 Å². The predicted molar refractivity (Wildman–Crippen MR) is 95.0 cm³/mol. The third kappa shape index (κ3) is 4.83. The highest BCUT2D eigenvalue weighted by atomic mass is 35.5. The average Bonchev–Trinajstić information content (AvgIpc) is 2.45. The highest BCUT2D eigenvalue weighted by Crippen LogP contribution is 2.30. The maximum absolute atomic E-state index is 12.5. The quantitative estimate of drug-likeness (QED) is 0.844. The Kier molecular flexibility index (Phi) is 6.89. The summed E-state index contributed by atoms with van der Waals surface area (Å²) in [6, 6.07) is 5.05. The Labute approximate surface area is 145 Å². The summed E-state index contributed by atoms with van der Waals surface area (Å²) in [6.45, 7) is 7.53. The number of sulfonamides is 1. The van der Waals surface area contributed by atoms with Crippen LogP contribution >= 0.6 is 12.4 Å². The van der Waals surface area contributed by atoms with Gasteiger partial charge in [-0.05, 0) is 55.5 Å². The first-order valence-electron chi connectivity index (χ1n) is 7.64. The SMILES string of the molecule is COc1ccc(S(=O)(=O)NCC2NCCCC2(C)C)cc1C.Cl. The third-order valence-electron chi connectivity index (χ3n) is 4.49. The summed E-state index contributed by atoms with van der Waals surface area (Å²) in [6.07, 6.45) is 2.24. The molecule has 1 aliphatic heterocycles. The van der Waals surface area contributed by atoms with Crippen LogP contribution in [0.3, 0.4) is 0 Å². The van der Waals surface area contributed by atoms with E-state index in [1.54, 1.807) is 25.3 Å². The van der Waals surface area contributed by atoms with Crippen LogP contribution in [0.15, 0.2) is 23.1 Å². The lowest BCUT2D eigenvalue weighted by molar-refractivity contribution is 0.181. The molecule has 0 bridgehead atoms. The lowest BCUT2D eigenvalue weighted by Crippen LogP contribution is -2.52. The van der Waals surface area contributed by atoms with E-state index in [1.807, 2.05) is 6.92 Å². The zero-order chi connectivity index (χ0) is 16.4. The van der Waals surface area contributed by atoms with Crippen LogP contribution in [0.25, 0.3) is 0 Å². The van der Waals surface area contributed by atoms with Crippen LogP contribution in [0.5, 0.6) is 5.75 Å². The lowest BCUT2D eigenvalue weighted by Gasteiger charge is -2.39. The molecule has 1 aromatic rings. The van der Waals surface area contributed by atoms with Crippen LogP contribution in [0, 0.1) is 12.3 Å². The minimum atomic E-state index is -3.50. The van der Waals surface area contributed by atoms with Gasteiger partial charge in [-0.2, -0.15) is 0 Å². The van der Waals surface area contributed by atoms with E-state index < -0.39 is 10.0 Å². The molecule has 1 unspecified atom stereocenters. The molecule has 1 fully saturated rings. The number of ether oxygens (including phenoxy) is 1. The summed E-state index contributed by atoms with van der Waals surface area (Å²) in [5.41, 5.74) is 0.901. The van der Waals surface area contributed by atoms with Gasteiger partial charge in [-0.15, -0.1) is 12.4 Å². The fourth-order valence-corrected chi connectivity index (χ4v) is 4.05. The molecule has 1 atom stereocenters. The largest absolute Gasteiger partial charge is 0.496 e. The number of hydrogen-bond acceptors (Lipinski definition) is 4. The van der Waals surface area contributed by atoms with Crippen molar-refractivity contribution in [2.45, 2.75) is 44.6 Å². The first-order valence-corrected chi connectivity index (χ1v) is 9.12. The zero-order valence-corrected chi connectivity index (χ0v) is 15.8. The summed E-state index contributed by atoms with van der Waals surface area (Å²) >= 11 is 0. The summed E-state index contributed by atoms with van der Waals surface area (Å²) < 4.78 is 32.8. The van der Waals surface area contributed by atoms with Crippen molar-refractivity contribution in [1.29, 1.82) is 0 Å². The molecule has 7 heteroatoms. The summed E-state index contributed by atoms with van der Waals surface area (Å²) in [5.74, 6) is 0.689. The fourth-order valence-electron chi connectivity index (χ4n) is 2.91. The van der Waals surface area contributed by atoms with E-state index in [-0.39, 0.29) is 28.8 Å². The molecule has 1 saturated heterocycles. The second-order valence-electron chi connectivity index (χ2n) is 6.58. The van der Waals surface area contributed by atoms with Gasteiger partial charge < -0.3 is 10.1 Å². The number of rotatable bonds is 5. The number of nitrogens with one attached hydrogen (secondary N) is 2. The van der Waals surface area contributed by atoms with E-state index in [9.17, 15) is 8.42 Å². The van der Waals surface area contributed by atoms with E-state index in [4.69, 9.17) is 4.74 Å². The Morgan fingerprint density at radius 1 is 1.39 bits per heavy atom. The molecule has 132 valence electrons. The van der Waals surface area contributed by atoms with Crippen LogP contribution in [0.4, 0.5) is 0 Å². The third-order valence-corrected chi connectivity index (χ3v) is 5.91. The number of piperidine rings is 1. The van der Waals surface area contributed by atoms with Gasteiger partial charge >= 0.3 is 0 Å². The van der Waals surface area contributed by atoms with Crippen molar-refractivity contribution in [1.82, 2.24) is 10.0 Å². The van der Waals surface area contributed by atoms with Gasteiger partial charge in [0.25, 0.3) is 0 Å². The number of halogens is 1. The second kappa shape index (κ2) is 7.83. The van der Waals surface area contributed by atoms with Crippen LogP contribution in [-0.2, 0) is 10.0 Å². The molecule has 23 heavy (non-hydrogen) atoms. The Morgan fingerprint density at radius 2 is 2.09 bits per heavy atom. The number of hydrogen-bond donors (Lipinski definition) is 2. The van der Waals surface area contributed by atoms with Crippen LogP contribution in [-0.4, -0.2) is 34.7 Å². The number of methoxy groups -OCH3 is 1. The van der Waals surface area contributed by atoms with Crippen molar-refractivity contribution >= 4 is 22.4 Å². The Hall–Kier alpha value is -0.820. The minimum absolute atomic E-state index is 0. The van der Waals surface area contributed by atoms with E-state index in [0.717, 1.165) is 24.9 Å². The van der Waals surface area contributed by atoms with Gasteiger partial charge in [0.05, 0.1) is 12.0 Å².